The molecule has 3 atom stereocenters. The Morgan fingerprint density at radius 1 is 1.19 bits per heavy atom. The number of hydrogen-bond donors (Lipinski definition) is 1. The van der Waals surface area contributed by atoms with Crippen molar-refractivity contribution < 1.29 is 19.1 Å². The number of carbonyl (C=O) groups is 2. The second kappa shape index (κ2) is 7.98. The molecule has 0 bridgehead atoms. The number of nitrogens with zero attached hydrogens (tertiary/aromatic N) is 1. The smallest absolute Gasteiger partial charge is 0.233 e. The van der Waals surface area contributed by atoms with Crippen LogP contribution in [0.1, 0.15) is 49.3 Å². The van der Waals surface area contributed by atoms with Crippen LogP contribution in [0.25, 0.3) is 0 Å². The van der Waals surface area contributed by atoms with Crippen molar-refractivity contribution in [2.45, 2.75) is 44.8 Å². The zero-order chi connectivity index (χ0) is 18.8. The van der Waals surface area contributed by atoms with Gasteiger partial charge in [0.2, 0.25) is 11.8 Å². The van der Waals surface area contributed by atoms with Crippen LogP contribution in [0.5, 0.6) is 5.75 Å². The van der Waals surface area contributed by atoms with Crippen LogP contribution in [0, 0.1) is 11.8 Å². The minimum atomic E-state index is -0.0264. The summed E-state index contributed by atoms with van der Waals surface area (Å²) in [5.74, 6) is 0.952. The SMILES string of the molecule is COc1cccc2c1COCC2NCCCCN1C(=O)C2CCCC2C1=O. The van der Waals surface area contributed by atoms with Crippen molar-refractivity contribution in [2.75, 3.05) is 26.8 Å². The monoisotopic (exact) mass is 372 g/mol. The molecule has 6 heteroatoms. The average Bonchev–Trinajstić information content (AvgIpc) is 3.26. The third-order valence-electron chi connectivity index (χ3n) is 6.18. The molecule has 2 heterocycles. The van der Waals surface area contributed by atoms with Crippen LogP contribution in [0.2, 0.25) is 0 Å². The molecule has 1 N–H and O–H groups in total. The molecule has 1 saturated carbocycles. The summed E-state index contributed by atoms with van der Waals surface area (Å²) in [6, 6.07) is 6.25. The van der Waals surface area contributed by atoms with E-state index in [0.717, 1.165) is 50.0 Å². The molecule has 3 unspecified atom stereocenters. The van der Waals surface area contributed by atoms with Crippen LogP contribution in [-0.4, -0.2) is 43.5 Å². The number of benzene rings is 1. The standard InChI is InChI=1S/C21H28N2O4/c1-26-19-9-5-6-14-17(19)12-27-13-18(14)22-10-2-3-11-23-20(24)15-7-4-8-16(15)21(23)25/h5-6,9,15-16,18,22H,2-4,7-8,10-13H2,1H3. The van der Waals surface area contributed by atoms with Gasteiger partial charge in [-0.1, -0.05) is 18.6 Å². The predicted molar refractivity (Wildman–Crippen MR) is 100 cm³/mol. The van der Waals surface area contributed by atoms with Gasteiger partial charge in [-0.25, -0.2) is 0 Å². The molecule has 4 rings (SSSR count). The van der Waals surface area contributed by atoms with Gasteiger partial charge in [0, 0.05) is 12.1 Å². The molecule has 2 amide bonds. The summed E-state index contributed by atoms with van der Waals surface area (Å²) in [6.45, 7) is 2.61. The molecule has 6 nitrogen and oxygen atoms in total. The van der Waals surface area contributed by atoms with Gasteiger partial charge in [-0.15, -0.1) is 0 Å². The molecule has 0 aromatic heterocycles. The fraction of sp³-hybridized carbons (Fsp3) is 0.619. The van der Waals surface area contributed by atoms with Gasteiger partial charge in [-0.3, -0.25) is 14.5 Å². The second-order valence-corrected chi connectivity index (χ2v) is 7.73. The lowest BCUT2D eigenvalue weighted by Crippen LogP contribution is -2.34. The largest absolute Gasteiger partial charge is 0.496 e. The minimum absolute atomic E-state index is 0.0264. The Kier molecular flexibility index (Phi) is 5.45. The van der Waals surface area contributed by atoms with Gasteiger partial charge in [0.1, 0.15) is 5.75 Å². The van der Waals surface area contributed by atoms with E-state index in [2.05, 4.69) is 11.4 Å². The first-order chi connectivity index (χ1) is 13.2. The number of likely N-dealkylation sites (tertiary alicyclic amines) is 1. The van der Waals surface area contributed by atoms with Gasteiger partial charge in [0.05, 0.1) is 38.2 Å². The maximum absolute atomic E-state index is 12.4. The summed E-state index contributed by atoms with van der Waals surface area (Å²) in [4.78, 5) is 26.2. The van der Waals surface area contributed by atoms with Gasteiger partial charge in [0.25, 0.3) is 0 Å². The number of hydrogen-bond acceptors (Lipinski definition) is 5. The van der Waals surface area contributed by atoms with E-state index in [0.29, 0.717) is 19.8 Å². The van der Waals surface area contributed by atoms with E-state index in [1.165, 1.54) is 10.5 Å². The van der Waals surface area contributed by atoms with Crippen LogP contribution in [0.15, 0.2) is 18.2 Å². The molecule has 0 spiro atoms. The zero-order valence-corrected chi connectivity index (χ0v) is 15.9. The maximum atomic E-state index is 12.4. The molecule has 2 aliphatic heterocycles. The van der Waals surface area contributed by atoms with E-state index in [1.807, 2.05) is 12.1 Å². The van der Waals surface area contributed by atoms with Crippen molar-refractivity contribution >= 4 is 11.8 Å². The second-order valence-electron chi connectivity index (χ2n) is 7.73. The lowest BCUT2D eigenvalue weighted by molar-refractivity contribution is -0.140. The molecular formula is C21H28N2O4. The molecule has 1 aromatic carbocycles. The first-order valence-corrected chi connectivity index (χ1v) is 10.0. The number of amides is 2. The third kappa shape index (κ3) is 3.48. The topological polar surface area (TPSA) is 67.9 Å². The van der Waals surface area contributed by atoms with E-state index in [1.54, 1.807) is 7.11 Å². The van der Waals surface area contributed by atoms with Crippen LogP contribution in [-0.2, 0) is 20.9 Å². The highest BCUT2D eigenvalue weighted by Gasteiger charge is 2.49. The Bertz CT molecular complexity index is 698. The summed E-state index contributed by atoms with van der Waals surface area (Å²) < 4.78 is 11.2. The van der Waals surface area contributed by atoms with Crippen LogP contribution in [0.4, 0.5) is 0 Å². The molecule has 3 aliphatic rings. The lowest BCUT2D eigenvalue weighted by atomic mass is 9.98. The summed E-state index contributed by atoms with van der Waals surface area (Å²) in [5.41, 5.74) is 2.35. The number of rotatable bonds is 7. The van der Waals surface area contributed by atoms with Crippen molar-refractivity contribution in [3.05, 3.63) is 29.3 Å². The number of nitrogens with one attached hydrogen (secondary N) is 1. The fourth-order valence-corrected chi connectivity index (χ4v) is 4.74. The summed E-state index contributed by atoms with van der Waals surface area (Å²) in [7, 11) is 1.68. The van der Waals surface area contributed by atoms with Crippen molar-refractivity contribution in [2.24, 2.45) is 11.8 Å². The van der Waals surface area contributed by atoms with Crippen molar-refractivity contribution in [1.82, 2.24) is 10.2 Å². The minimum Gasteiger partial charge on any atom is -0.496 e. The average molecular weight is 372 g/mol. The van der Waals surface area contributed by atoms with E-state index >= 15 is 0 Å². The number of unbranched alkanes of at least 4 members (excludes halogenated alkanes) is 1. The third-order valence-corrected chi connectivity index (χ3v) is 6.18. The van der Waals surface area contributed by atoms with Gasteiger partial charge < -0.3 is 14.8 Å². The van der Waals surface area contributed by atoms with Gasteiger partial charge in [0.15, 0.2) is 0 Å². The van der Waals surface area contributed by atoms with E-state index < -0.39 is 0 Å². The number of fused-ring (bicyclic) bond motifs is 2. The summed E-state index contributed by atoms with van der Waals surface area (Å²) >= 11 is 0. The zero-order valence-electron chi connectivity index (χ0n) is 15.9. The fourth-order valence-electron chi connectivity index (χ4n) is 4.74. The van der Waals surface area contributed by atoms with E-state index in [-0.39, 0.29) is 29.7 Å². The highest BCUT2D eigenvalue weighted by molar-refractivity contribution is 6.05. The van der Waals surface area contributed by atoms with Gasteiger partial charge >= 0.3 is 0 Å². The van der Waals surface area contributed by atoms with Crippen molar-refractivity contribution in [1.29, 1.82) is 0 Å². The first-order valence-electron chi connectivity index (χ1n) is 10.0. The molecule has 2 fully saturated rings. The Morgan fingerprint density at radius 2 is 1.96 bits per heavy atom. The van der Waals surface area contributed by atoms with Crippen molar-refractivity contribution in [3.63, 3.8) is 0 Å². The van der Waals surface area contributed by atoms with Crippen LogP contribution >= 0.6 is 0 Å². The maximum Gasteiger partial charge on any atom is 0.233 e. The quantitative estimate of drug-likeness (QED) is 0.588. The molecule has 1 saturated heterocycles. The molecule has 1 aromatic rings. The lowest BCUT2D eigenvalue weighted by Gasteiger charge is -2.28. The Balaban J connectivity index is 1.25. The van der Waals surface area contributed by atoms with Gasteiger partial charge in [-0.2, -0.15) is 0 Å². The molecule has 27 heavy (non-hydrogen) atoms. The van der Waals surface area contributed by atoms with Crippen molar-refractivity contribution in [3.8, 4) is 5.75 Å². The predicted octanol–water partition coefficient (Wildman–Crippen LogP) is 2.42. The highest BCUT2D eigenvalue weighted by atomic mass is 16.5. The Labute approximate surface area is 160 Å². The summed E-state index contributed by atoms with van der Waals surface area (Å²) in [5, 5.41) is 3.55. The van der Waals surface area contributed by atoms with E-state index in [4.69, 9.17) is 9.47 Å². The van der Waals surface area contributed by atoms with Gasteiger partial charge in [-0.05, 0) is 43.9 Å². The summed E-state index contributed by atoms with van der Waals surface area (Å²) in [6.07, 6.45) is 4.54. The molecule has 1 aliphatic carbocycles. The Morgan fingerprint density at radius 3 is 2.70 bits per heavy atom. The normalized spacial score (nSPS) is 27.0. The first kappa shape index (κ1) is 18.4. The molecule has 0 radical (unpaired) electrons. The van der Waals surface area contributed by atoms with Crippen LogP contribution in [0.3, 0.4) is 0 Å². The molecule has 146 valence electrons. The Hall–Kier alpha value is -1.92. The number of methoxy groups -OCH3 is 1. The van der Waals surface area contributed by atoms with Crippen LogP contribution < -0.4 is 10.1 Å². The number of imide groups is 1. The molecular weight excluding hydrogens is 344 g/mol. The number of ether oxygens (including phenoxy) is 2. The highest BCUT2D eigenvalue weighted by Crippen LogP contribution is 2.39. The van der Waals surface area contributed by atoms with E-state index in [9.17, 15) is 9.59 Å². The number of carbonyl (C=O) groups excluding carboxylic acids is 2.